The highest BCUT2D eigenvalue weighted by molar-refractivity contribution is 7.89. The maximum atomic E-state index is 14.2. The molecule has 7 nitrogen and oxygen atoms in total. The van der Waals surface area contributed by atoms with Crippen molar-refractivity contribution in [2.75, 3.05) is 18.4 Å². The van der Waals surface area contributed by atoms with Crippen LogP contribution in [0.1, 0.15) is 47.0 Å². The Bertz CT molecular complexity index is 982. The van der Waals surface area contributed by atoms with Crippen molar-refractivity contribution in [3.63, 3.8) is 0 Å². The van der Waals surface area contributed by atoms with Gasteiger partial charge in [0.15, 0.2) is 10.9 Å². The Hall–Kier alpha value is -2.17. The molecule has 0 atom stereocenters. The molecule has 2 heterocycles. The molecule has 1 saturated heterocycles. The van der Waals surface area contributed by atoms with E-state index in [-0.39, 0.29) is 22.2 Å². The highest BCUT2D eigenvalue weighted by Crippen LogP contribution is 2.24. The SMILES string of the molecule is CC(=O)c1csc(NC(=O)c2ccc(F)c(S(=O)(=O)N3CCCCC3)c2)n1. The lowest BCUT2D eigenvalue weighted by molar-refractivity contribution is 0.100. The van der Waals surface area contributed by atoms with E-state index in [1.807, 2.05) is 0 Å². The summed E-state index contributed by atoms with van der Waals surface area (Å²) in [5, 5.41) is 4.21. The molecule has 1 aromatic heterocycles. The van der Waals surface area contributed by atoms with E-state index < -0.39 is 26.6 Å². The fourth-order valence-electron chi connectivity index (χ4n) is 2.75. The van der Waals surface area contributed by atoms with Gasteiger partial charge in [-0.1, -0.05) is 6.42 Å². The average molecular weight is 411 g/mol. The number of nitrogens with zero attached hydrogens (tertiary/aromatic N) is 2. The predicted molar refractivity (Wildman–Crippen MR) is 99.1 cm³/mol. The number of ketones is 1. The molecule has 1 aliphatic rings. The van der Waals surface area contributed by atoms with Crippen molar-refractivity contribution in [2.45, 2.75) is 31.1 Å². The van der Waals surface area contributed by atoms with Crippen LogP contribution in [0, 0.1) is 5.82 Å². The van der Waals surface area contributed by atoms with Gasteiger partial charge >= 0.3 is 0 Å². The molecule has 1 amide bonds. The topological polar surface area (TPSA) is 96.4 Å². The maximum absolute atomic E-state index is 14.2. The van der Waals surface area contributed by atoms with Gasteiger partial charge in [0.1, 0.15) is 16.4 Å². The van der Waals surface area contributed by atoms with Crippen LogP contribution in [0.15, 0.2) is 28.5 Å². The molecule has 1 aromatic carbocycles. The summed E-state index contributed by atoms with van der Waals surface area (Å²) in [4.78, 5) is 27.1. The van der Waals surface area contributed by atoms with Crippen LogP contribution in [0.5, 0.6) is 0 Å². The van der Waals surface area contributed by atoms with Gasteiger partial charge in [-0.3, -0.25) is 14.9 Å². The number of Topliss-reactive ketones (excluding diaryl/α,β-unsaturated/α-hetero) is 1. The minimum absolute atomic E-state index is 0.00782. The molecule has 0 saturated carbocycles. The minimum Gasteiger partial charge on any atom is -0.298 e. The number of thiazole rings is 1. The average Bonchev–Trinajstić information content (AvgIpc) is 3.11. The second-order valence-electron chi connectivity index (χ2n) is 6.16. The number of halogens is 1. The van der Waals surface area contributed by atoms with Crippen LogP contribution in [0.3, 0.4) is 0 Å². The van der Waals surface area contributed by atoms with Crippen molar-refractivity contribution in [2.24, 2.45) is 0 Å². The first-order chi connectivity index (χ1) is 12.8. The Balaban J connectivity index is 1.85. The lowest BCUT2D eigenvalue weighted by Gasteiger charge is -2.26. The minimum atomic E-state index is -4.01. The lowest BCUT2D eigenvalue weighted by Crippen LogP contribution is -2.36. The number of carbonyl (C=O) groups excluding carboxylic acids is 2. The van der Waals surface area contributed by atoms with Gasteiger partial charge < -0.3 is 0 Å². The molecule has 3 rings (SSSR count). The number of aromatic nitrogens is 1. The molecule has 2 aromatic rings. The van der Waals surface area contributed by atoms with Crippen molar-refractivity contribution < 1.29 is 22.4 Å². The molecular formula is C17H18FN3O4S2. The number of amides is 1. The molecule has 0 bridgehead atoms. The van der Waals surface area contributed by atoms with Gasteiger partial charge in [-0.05, 0) is 31.0 Å². The molecule has 1 N–H and O–H groups in total. The molecule has 27 heavy (non-hydrogen) atoms. The zero-order valence-electron chi connectivity index (χ0n) is 14.6. The standard InChI is InChI=1S/C17H18FN3O4S2/c1-11(22)14-10-26-17(19-14)20-16(23)12-5-6-13(18)15(9-12)27(24,25)21-7-3-2-4-8-21/h5-6,9-10H,2-4,7-8H2,1H3,(H,19,20,23). The Kier molecular flexibility index (Phi) is 5.68. The third kappa shape index (κ3) is 4.23. The van der Waals surface area contributed by atoms with Gasteiger partial charge in [0, 0.05) is 31.0 Å². The van der Waals surface area contributed by atoms with Crippen molar-refractivity contribution in [3.8, 4) is 0 Å². The van der Waals surface area contributed by atoms with Gasteiger partial charge in [0.2, 0.25) is 10.0 Å². The van der Waals surface area contributed by atoms with Gasteiger partial charge in [0.05, 0.1) is 0 Å². The number of benzene rings is 1. The normalized spacial score (nSPS) is 15.5. The molecule has 1 fully saturated rings. The summed E-state index contributed by atoms with van der Waals surface area (Å²) in [6.07, 6.45) is 2.39. The van der Waals surface area contributed by atoms with Crippen LogP contribution in [-0.2, 0) is 10.0 Å². The first-order valence-electron chi connectivity index (χ1n) is 8.36. The Morgan fingerprint density at radius 2 is 1.93 bits per heavy atom. The summed E-state index contributed by atoms with van der Waals surface area (Å²) in [6.45, 7) is 2.04. The van der Waals surface area contributed by atoms with Crippen LogP contribution in [0.4, 0.5) is 9.52 Å². The van der Waals surface area contributed by atoms with E-state index >= 15 is 0 Å². The number of hydrogen-bond donors (Lipinski definition) is 1. The molecule has 0 aliphatic carbocycles. The zero-order valence-corrected chi connectivity index (χ0v) is 16.2. The number of nitrogens with one attached hydrogen (secondary N) is 1. The van der Waals surface area contributed by atoms with Gasteiger partial charge in [0.25, 0.3) is 5.91 Å². The third-order valence-electron chi connectivity index (χ3n) is 4.21. The summed E-state index contributed by atoms with van der Waals surface area (Å²) < 4.78 is 40.9. The molecule has 0 unspecified atom stereocenters. The summed E-state index contributed by atoms with van der Waals surface area (Å²) in [5.74, 6) is -1.76. The smallest absolute Gasteiger partial charge is 0.257 e. The second-order valence-corrected chi connectivity index (χ2v) is 8.92. The van der Waals surface area contributed by atoms with Gasteiger partial charge in [-0.25, -0.2) is 17.8 Å². The molecule has 0 spiro atoms. The Labute approximate surface area is 160 Å². The number of anilines is 1. The molecule has 0 radical (unpaired) electrons. The van der Waals surface area contributed by atoms with E-state index in [0.717, 1.165) is 42.7 Å². The molecule has 144 valence electrons. The van der Waals surface area contributed by atoms with E-state index in [0.29, 0.717) is 13.1 Å². The van der Waals surface area contributed by atoms with Crippen LogP contribution in [0.25, 0.3) is 0 Å². The summed E-state index contributed by atoms with van der Waals surface area (Å²) >= 11 is 1.07. The van der Waals surface area contributed by atoms with E-state index in [2.05, 4.69) is 10.3 Å². The Morgan fingerprint density at radius 3 is 2.56 bits per heavy atom. The number of hydrogen-bond acceptors (Lipinski definition) is 6. The van der Waals surface area contributed by atoms with E-state index in [1.54, 1.807) is 0 Å². The second kappa shape index (κ2) is 7.83. The molecule has 1 aliphatic heterocycles. The fourth-order valence-corrected chi connectivity index (χ4v) is 5.10. The number of rotatable bonds is 5. The number of piperidine rings is 1. The third-order valence-corrected chi connectivity index (χ3v) is 6.88. The van der Waals surface area contributed by atoms with Crippen molar-refractivity contribution >= 4 is 38.2 Å². The quantitative estimate of drug-likeness (QED) is 0.763. The predicted octanol–water partition coefficient (Wildman–Crippen LogP) is 2.91. The highest BCUT2D eigenvalue weighted by Gasteiger charge is 2.29. The molecular weight excluding hydrogens is 393 g/mol. The van der Waals surface area contributed by atoms with Crippen molar-refractivity contribution in [3.05, 3.63) is 40.7 Å². The Morgan fingerprint density at radius 1 is 1.22 bits per heavy atom. The van der Waals surface area contributed by atoms with Gasteiger partial charge in [-0.2, -0.15) is 4.31 Å². The summed E-state index contributed by atoms with van der Waals surface area (Å²) in [6, 6.07) is 3.21. The fraction of sp³-hybridized carbons (Fsp3) is 0.353. The monoisotopic (exact) mass is 411 g/mol. The van der Waals surface area contributed by atoms with Crippen LogP contribution in [0.2, 0.25) is 0 Å². The zero-order chi connectivity index (χ0) is 19.6. The van der Waals surface area contributed by atoms with E-state index in [4.69, 9.17) is 0 Å². The van der Waals surface area contributed by atoms with E-state index in [9.17, 15) is 22.4 Å². The first kappa shape index (κ1) is 19.6. The summed E-state index contributed by atoms with van der Waals surface area (Å²) in [5.41, 5.74) is 0.217. The highest BCUT2D eigenvalue weighted by atomic mass is 32.2. The van der Waals surface area contributed by atoms with Crippen LogP contribution in [-0.4, -0.2) is 42.5 Å². The van der Waals surface area contributed by atoms with Crippen molar-refractivity contribution in [1.29, 1.82) is 0 Å². The van der Waals surface area contributed by atoms with Crippen molar-refractivity contribution in [1.82, 2.24) is 9.29 Å². The number of sulfonamides is 1. The first-order valence-corrected chi connectivity index (χ1v) is 10.7. The largest absolute Gasteiger partial charge is 0.298 e. The van der Waals surface area contributed by atoms with Crippen LogP contribution < -0.4 is 5.32 Å². The van der Waals surface area contributed by atoms with E-state index in [1.165, 1.54) is 22.7 Å². The summed E-state index contributed by atoms with van der Waals surface area (Å²) in [7, 11) is -4.01. The lowest BCUT2D eigenvalue weighted by atomic mass is 10.2. The number of carbonyl (C=O) groups is 2. The maximum Gasteiger partial charge on any atom is 0.257 e. The van der Waals surface area contributed by atoms with Crippen LogP contribution >= 0.6 is 11.3 Å². The van der Waals surface area contributed by atoms with Gasteiger partial charge in [-0.15, -0.1) is 11.3 Å². The molecule has 10 heteroatoms.